The van der Waals surface area contributed by atoms with Crippen LogP contribution in [0.1, 0.15) is 6.42 Å². The molecule has 1 amide bonds. The molecule has 1 fully saturated rings. The summed E-state index contributed by atoms with van der Waals surface area (Å²) in [4.78, 5) is 17.4. The SMILES string of the molecule is NC1CC(=O)N(c2ccc(Br)c(Br)n2)C1. The van der Waals surface area contributed by atoms with E-state index in [9.17, 15) is 4.79 Å². The topological polar surface area (TPSA) is 59.2 Å². The fourth-order valence-electron chi connectivity index (χ4n) is 1.51. The van der Waals surface area contributed by atoms with Crippen LogP contribution in [-0.2, 0) is 4.79 Å². The van der Waals surface area contributed by atoms with Crippen LogP contribution in [0.15, 0.2) is 21.2 Å². The van der Waals surface area contributed by atoms with Crippen LogP contribution >= 0.6 is 31.9 Å². The van der Waals surface area contributed by atoms with E-state index in [4.69, 9.17) is 5.73 Å². The van der Waals surface area contributed by atoms with Crippen molar-refractivity contribution in [3.8, 4) is 0 Å². The summed E-state index contributed by atoms with van der Waals surface area (Å²) in [5.74, 6) is 0.673. The van der Waals surface area contributed by atoms with Crippen LogP contribution < -0.4 is 10.6 Å². The molecule has 0 spiro atoms. The van der Waals surface area contributed by atoms with Crippen LogP contribution in [0.4, 0.5) is 5.82 Å². The van der Waals surface area contributed by atoms with Crippen LogP contribution in [0.25, 0.3) is 0 Å². The lowest BCUT2D eigenvalue weighted by Gasteiger charge is -2.15. The monoisotopic (exact) mass is 333 g/mol. The number of halogens is 2. The first-order chi connectivity index (χ1) is 7.08. The Kier molecular flexibility index (Phi) is 3.08. The second-order valence-electron chi connectivity index (χ2n) is 3.41. The molecule has 4 nitrogen and oxygen atoms in total. The van der Waals surface area contributed by atoms with Gasteiger partial charge >= 0.3 is 0 Å². The molecule has 2 N–H and O–H groups in total. The van der Waals surface area contributed by atoms with Gasteiger partial charge in [0.2, 0.25) is 5.91 Å². The predicted octanol–water partition coefficient (Wildman–Crippen LogP) is 1.67. The minimum atomic E-state index is -0.0817. The van der Waals surface area contributed by atoms with E-state index in [1.807, 2.05) is 6.07 Å². The molecule has 6 heteroatoms. The average molecular weight is 335 g/mol. The number of carbonyl (C=O) groups is 1. The van der Waals surface area contributed by atoms with Crippen molar-refractivity contribution in [2.75, 3.05) is 11.4 Å². The lowest BCUT2D eigenvalue weighted by molar-refractivity contribution is -0.117. The molecule has 2 rings (SSSR count). The number of hydrogen-bond donors (Lipinski definition) is 1. The summed E-state index contributed by atoms with van der Waals surface area (Å²) >= 11 is 6.63. The molecule has 1 saturated heterocycles. The van der Waals surface area contributed by atoms with Crippen molar-refractivity contribution in [3.05, 3.63) is 21.2 Å². The molecular weight excluding hydrogens is 326 g/mol. The molecule has 1 aliphatic heterocycles. The lowest BCUT2D eigenvalue weighted by Crippen LogP contribution is -2.28. The standard InChI is InChI=1S/C9H9Br2N3O/c10-6-1-2-7(13-9(6)11)14-4-5(12)3-8(14)15/h1-2,5H,3-4,12H2. The van der Waals surface area contributed by atoms with Gasteiger partial charge in [-0.25, -0.2) is 4.98 Å². The average Bonchev–Trinajstić information content (AvgIpc) is 2.50. The number of nitrogens with zero attached hydrogens (tertiary/aromatic N) is 2. The summed E-state index contributed by atoms with van der Waals surface area (Å²) in [6.45, 7) is 0.542. The van der Waals surface area contributed by atoms with E-state index in [2.05, 4.69) is 36.8 Å². The summed E-state index contributed by atoms with van der Waals surface area (Å²) in [5.41, 5.74) is 5.71. The largest absolute Gasteiger partial charge is 0.326 e. The Labute approximate surface area is 104 Å². The van der Waals surface area contributed by atoms with Gasteiger partial charge in [0.1, 0.15) is 10.4 Å². The highest BCUT2D eigenvalue weighted by atomic mass is 79.9. The maximum atomic E-state index is 11.6. The van der Waals surface area contributed by atoms with E-state index in [0.29, 0.717) is 23.4 Å². The zero-order valence-electron chi connectivity index (χ0n) is 7.78. The molecule has 1 aromatic rings. The van der Waals surface area contributed by atoms with Gasteiger partial charge in [-0.1, -0.05) is 0 Å². The molecule has 1 atom stereocenters. The molecular formula is C9H9Br2N3O. The Morgan fingerprint density at radius 1 is 1.47 bits per heavy atom. The fourth-order valence-corrected chi connectivity index (χ4v) is 2.05. The van der Waals surface area contributed by atoms with E-state index >= 15 is 0 Å². The quantitative estimate of drug-likeness (QED) is 0.795. The van der Waals surface area contributed by atoms with E-state index in [1.54, 1.807) is 11.0 Å². The summed E-state index contributed by atoms with van der Waals surface area (Å²) < 4.78 is 1.55. The number of hydrogen-bond acceptors (Lipinski definition) is 3. The van der Waals surface area contributed by atoms with Crippen LogP contribution in [0.3, 0.4) is 0 Å². The summed E-state index contributed by atoms with van der Waals surface area (Å²) in [7, 11) is 0. The number of rotatable bonds is 1. The first-order valence-corrected chi connectivity index (χ1v) is 6.04. The molecule has 0 saturated carbocycles. The number of amides is 1. The first kappa shape index (κ1) is 11.0. The zero-order chi connectivity index (χ0) is 11.0. The highest BCUT2D eigenvalue weighted by molar-refractivity contribution is 9.13. The third-order valence-corrected chi connectivity index (χ3v) is 4.00. The first-order valence-electron chi connectivity index (χ1n) is 4.46. The summed E-state index contributed by atoms with van der Waals surface area (Å²) in [6, 6.07) is 3.57. The van der Waals surface area contributed by atoms with E-state index < -0.39 is 0 Å². The van der Waals surface area contributed by atoms with E-state index in [1.165, 1.54) is 0 Å². The zero-order valence-corrected chi connectivity index (χ0v) is 11.0. The maximum Gasteiger partial charge on any atom is 0.229 e. The van der Waals surface area contributed by atoms with Crippen molar-refractivity contribution in [1.29, 1.82) is 0 Å². The van der Waals surface area contributed by atoms with Crippen molar-refractivity contribution >= 4 is 43.6 Å². The van der Waals surface area contributed by atoms with Crippen molar-refractivity contribution in [2.24, 2.45) is 5.73 Å². The number of aromatic nitrogens is 1. The smallest absolute Gasteiger partial charge is 0.229 e. The predicted molar refractivity (Wildman–Crippen MR) is 64.6 cm³/mol. The minimum Gasteiger partial charge on any atom is -0.326 e. The Morgan fingerprint density at radius 3 is 2.73 bits per heavy atom. The fraction of sp³-hybridized carbons (Fsp3) is 0.333. The summed E-state index contributed by atoms with van der Waals surface area (Å²) in [5, 5.41) is 0. The van der Waals surface area contributed by atoms with Gasteiger partial charge in [0.15, 0.2) is 0 Å². The van der Waals surface area contributed by atoms with Gasteiger partial charge in [0.25, 0.3) is 0 Å². The Morgan fingerprint density at radius 2 is 2.20 bits per heavy atom. The normalized spacial score (nSPS) is 21.1. The second-order valence-corrected chi connectivity index (χ2v) is 5.02. The van der Waals surface area contributed by atoms with E-state index in [0.717, 1.165) is 4.47 Å². The number of carbonyl (C=O) groups excluding carboxylic acids is 1. The highest BCUT2D eigenvalue weighted by Gasteiger charge is 2.28. The molecule has 80 valence electrons. The number of anilines is 1. The van der Waals surface area contributed by atoms with E-state index in [-0.39, 0.29) is 11.9 Å². The van der Waals surface area contributed by atoms with Crippen LogP contribution in [0, 0.1) is 0 Å². The van der Waals surface area contributed by atoms with Gasteiger partial charge in [-0.15, -0.1) is 0 Å². The summed E-state index contributed by atoms with van der Waals surface area (Å²) in [6.07, 6.45) is 0.398. The molecule has 1 aromatic heterocycles. The highest BCUT2D eigenvalue weighted by Crippen LogP contribution is 2.26. The molecule has 0 radical (unpaired) electrons. The molecule has 0 bridgehead atoms. The van der Waals surface area contributed by atoms with Crippen molar-refractivity contribution in [2.45, 2.75) is 12.5 Å². The van der Waals surface area contributed by atoms with Crippen molar-refractivity contribution in [3.63, 3.8) is 0 Å². The number of nitrogens with two attached hydrogens (primary N) is 1. The van der Waals surface area contributed by atoms with Crippen LogP contribution in [-0.4, -0.2) is 23.5 Å². The number of pyridine rings is 1. The van der Waals surface area contributed by atoms with Gasteiger partial charge in [-0.3, -0.25) is 9.69 Å². The van der Waals surface area contributed by atoms with Gasteiger partial charge in [-0.05, 0) is 44.0 Å². The molecule has 0 aliphatic carbocycles. The lowest BCUT2D eigenvalue weighted by atomic mass is 10.3. The Balaban J connectivity index is 2.30. The maximum absolute atomic E-state index is 11.6. The third kappa shape index (κ3) is 2.21. The van der Waals surface area contributed by atoms with Crippen LogP contribution in [0.2, 0.25) is 0 Å². The molecule has 0 aromatic carbocycles. The van der Waals surface area contributed by atoms with Gasteiger partial charge in [0.05, 0.1) is 4.47 Å². The Bertz CT molecular complexity index is 410. The van der Waals surface area contributed by atoms with Gasteiger partial charge < -0.3 is 5.73 Å². The van der Waals surface area contributed by atoms with Crippen molar-refractivity contribution in [1.82, 2.24) is 4.98 Å². The van der Waals surface area contributed by atoms with Gasteiger partial charge in [-0.2, -0.15) is 0 Å². The third-order valence-electron chi connectivity index (χ3n) is 2.22. The molecule has 1 unspecified atom stereocenters. The molecule has 1 aliphatic rings. The Hall–Kier alpha value is -0.460. The molecule has 2 heterocycles. The second kappa shape index (κ2) is 4.19. The minimum absolute atomic E-state index is 0.0317. The van der Waals surface area contributed by atoms with Gasteiger partial charge in [0, 0.05) is 19.0 Å². The molecule has 15 heavy (non-hydrogen) atoms. The van der Waals surface area contributed by atoms with Crippen molar-refractivity contribution < 1.29 is 4.79 Å². The van der Waals surface area contributed by atoms with Crippen LogP contribution in [0.5, 0.6) is 0 Å².